The first kappa shape index (κ1) is 14.2. The number of aliphatic hydroxyl groups is 1. The maximum absolute atomic E-state index is 11.6. The van der Waals surface area contributed by atoms with Gasteiger partial charge in [-0.15, -0.1) is 0 Å². The van der Waals surface area contributed by atoms with Gasteiger partial charge in [0.25, 0.3) is 0 Å². The largest absolute Gasteiger partial charge is 0.493 e. The van der Waals surface area contributed by atoms with Crippen molar-refractivity contribution in [1.29, 1.82) is 0 Å². The summed E-state index contributed by atoms with van der Waals surface area (Å²) in [5.41, 5.74) is 0.597. The molecule has 0 aromatic heterocycles. The predicted octanol–water partition coefficient (Wildman–Crippen LogP) is 1.80. The van der Waals surface area contributed by atoms with E-state index in [1.54, 1.807) is 13.8 Å². The van der Waals surface area contributed by atoms with Crippen molar-refractivity contribution in [2.45, 2.75) is 26.4 Å². The Hall–Kier alpha value is -1.88. The lowest BCUT2D eigenvalue weighted by Gasteiger charge is -2.13. The van der Waals surface area contributed by atoms with Crippen molar-refractivity contribution in [3.05, 3.63) is 29.3 Å². The van der Waals surface area contributed by atoms with Crippen LogP contribution in [0.4, 0.5) is 0 Å². The fraction of sp³-hybridized carbons (Fsp3) is 0.385. The fourth-order valence-electron chi connectivity index (χ4n) is 1.55. The standard InChI is InChI=1S/C13H16O5/c1-3-10(14)8-5-6-9(12(15)13(16)17)11(7-8)18-4-2/h5-7,12,15H,3-4H2,1-2H3,(H,16,17). The smallest absolute Gasteiger partial charge is 0.337 e. The highest BCUT2D eigenvalue weighted by Gasteiger charge is 2.21. The molecule has 0 fully saturated rings. The first-order valence-corrected chi connectivity index (χ1v) is 5.72. The van der Waals surface area contributed by atoms with Crippen LogP contribution in [0.5, 0.6) is 5.75 Å². The summed E-state index contributed by atoms with van der Waals surface area (Å²) < 4.78 is 5.27. The van der Waals surface area contributed by atoms with Gasteiger partial charge in [0, 0.05) is 17.5 Å². The number of carbonyl (C=O) groups is 2. The molecule has 1 atom stereocenters. The number of aliphatic hydroxyl groups excluding tert-OH is 1. The highest BCUT2D eigenvalue weighted by Crippen LogP contribution is 2.27. The molecule has 0 aliphatic heterocycles. The molecule has 1 aromatic carbocycles. The zero-order valence-electron chi connectivity index (χ0n) is 10.3. The maximum atomic E-state index is 11.6. The van der Waals surface area contributed by atoms with E-state index in [0.29, 0.717) is 18.6 Å². The fourth-order valence-corrected chi connectivity index (χ4v) is 1.55. The molecule has 1 unspecified atom stereocenters. The van der Waals surface area contributed by atoms with Crippen LogP contribution in [0.1, 0.15) is 42.3 Å². The molecule has 98 valence electrons. The molecule has 1 rings (SSSR count). The average Bonchev–Trinajstić information content (AvgIpc) is 2.37. The van der Waals surface area contributed by atoms with Crippen molar-refractivity contribution in [2.24, 2.45) is 0 Å². The van der Waals surface area contributed by atoms with Gasteiger partial charge in [-0.1, -0.05) is 19.1 Å². The molecule has 0 radical (unpaired) electrons. The summed E-state index contributed by atoms with van der Waals surface area (Å²) in [6, 6.07) is 4.37. The van der Waals surface area contributed by atoms with E-state index >= 15 is 0 Å². The van der Waals surface area contributed by atoms with E-state index in [2.05, 4.69) is 0 Å². The number of carboxylic acids is 1. The highest BCUT2D eigenvalue weighted by atomic mass is 16.5. The van der Waals surface area contributed by atoms with Crippen LogP contribution >= 0.6 is 0 Å². The SMILES string of the molecule is CCOc1cc(C(=O)CC)ccc1C(O)C(=O)O. The van der Waals surface area contributed by atoms with E-state index in [1.165, 1.54) is 18.2 Å². The molecule has 0 saturated heterocycles. The zero-order chi connectivity index (χ0) is 13.7. The molecule has 5 heteroatoms. The van der Waals surface area contributed by atoms with E-state index in [-0.39, 0.29) is 17.1 Å². The van der Waals surface area contributed by atoms with Gasteiger partial charge in [0.05, 0.1) is 6.61 Å². The number of carbonyl (C=O) groups excluding carboxylic acids is 1. The summed E-state index contributed by atoms with van der Waals surface area (Å²) in [5.74, 6) is -1.19. The number of hydrogen-bond acceptors (Lipinski definition) is 4. The highest BCUT2D eigenvalue weighted by molar-refractivity contribution is 5.96. The minimum atomic E-state index is -1.66. The van der Waals surface area contributed by atoms with Crippen LogP contribution < -0.4 is 4.74 Å². The molecule has 1 aromatic rings. The Morgan fingerprint density at radius 1 is 1.33 bits per heavy atom. The first-order valence-electron chi connectivity index (χ1n) is 5.72. The number of carboxylic acid groups (broad SMARTS) is 1. The quantitative estimate of drug-likeness (QED) is 0.754. The van der Waals surface area contributed by atoms with E-state index < -0.39 is 12.1 Å². The second-order valence-corrected chi connectivity index (χ2v) is 3.70. The molecule has 0 aliphatic carbocycles. The van der Waals surface area contributed by atoms with Crippen molar-refractivity contribution in [2.75, 3.05) is 6.61 Å². The lowest BCUT2D eigenvalue weighted by atomic mass is 10.0. The van der Waals surface area contributed by atoms with E-state index in [9.17, 15) is 14.7 Å². The summed E-state index contributed by atoms with van der Waals surface area (Å²) in [6.45, 7) is 3.80. The van der Waals surface area contributed by atoms with Gasteiger partial charge < -0.3 is 14.9 Å². The third-order valence-electron chi connectivity index (χ3n) is 2.48. The monoisotopic (exact) mass is 252 g/mol. The molecule has 5 nitrogen and oxygen atoms in total. The second-order valence-electron chi connectivity index (χ2n) is 3.70. The van der Waals surface area contributed by atoms with Crippen molar-refractivity contribution in [3.8, 4) is 5.75 Å². The summed E-state index contributed by atoms with van der Waals surface area (Å²) in [7, 11) is 0. The minimum Gasteiger partial charge on any atom is -0.493 e. The number of aliphatic carboxylic acids is 1. The second kappa shape index (κ2) is 6.16. The van der Waals surface area contributed by atoms with E-state index in [4.69, 9.17) is 9.84 Å². The number of benzene rings is 1. The normalized spacial score (nSPS) is 11.9. The van der Waals surface area contributed by atoms with E-state index in [0.717, 1.165) is 0 Å². The van der Waals surface area contributed by atoms with Gasteiger partial charge in [-0.25, -0.2) is 4.79 Å². The summed E-state index contributed by atoms with van der Waals surface area (Å²) in [6.07, 6.45) is -1.30. The van der Waals surface area contributed by atoms with Crippen LogP contribution in [0.2, 0.25) is 0 Å². The lowest BCUT2D eigenvalue weighted by molar-refractivity contribution is -0.147. The third kappa shape index (κ3) is 3.07. The molecule has 0 bridgehead atoms. The zero-order valence-corrected chi connectivity index (χ0v) is 10.3. The van der Waals surface area contributed by atoms with Crippen molar-refractivity contribution in [1.82, 2.24) is 0 Å². The Kier molecular flexibility index (Phi) is 4.85. The number of hydrogen-bond donors (Lipinski definition) is 2. The summed E-state index contributed by atoms with van der Waals surface area (Å²) in [4.78, 5) is 22.3. The number of ether oxygens (including phenoxy) is 1. The average molecular weight is 252 g/mol. The Bertz CT molecular complexity index is 453. The molecule has 0 aliphatic rings. The van der Waals surface area contributed by atoms with Crippen LogP contribution in [0.15, 0.2) is 18.2 Å². The first-order chi connectivity index (χ1) is 8.51. The summed E-state index contributed by atoms with van der Waals surface area (Å²) in [5, 5.41) is 18.3. The van der Waals surface area contributed by atoms with Gasteiger partial charge in [0.1, 0.15) is 5.75 Å². The molecular weight excluding hydrogens is 236 g/mol. The van der Waals surface area contributed by atoms with Crippen LogP contribution in [0.25, 0.3) is 0 Å². The van der Waals surface area contributed by atoms with Crippen molar-refractivity contribution in [3.63, 3.8) is 0 Å². The predicted molar refractivity (Wildman–Crippen MR) is 64.8 cm³/mol. The van der Waals surface area contributed by atoms with Crippen LogP contribution in [0, 0.1) is 0 Å². The Morgan fingerprint density at radius 2 is 2.00 bits per heavy atom. The lowest BCUT2D eigenvalue weighted by Crippen LogP contribution is -2.13. The third-order valence-corrected chi connectivity index (χ3v) is 2.48. The van der Waals surface area contributed by atoms with Gasteiger partial charge in [-0.2, -0.15) is 0 Å². The van der Waals surface area contributed by atoms with Gasteiger partial charge in [-0.3, -0.25) is 4.79 Å². The topological polar surface area (TPSA) is 83.8 Å². The Morgan fingerprint density at radius 3 is 2.50 bits per heavy atom. The van der Waals surface area contributed by atoms with E-state index in [1.807, 2.05) is 0 Å². The number of Topliss-reactive ketones (excluding diaryl/α,β-unsaturated/α-hetero) is 1. The van der Waals surface area contributed by atoms with Crippen LogP contribution in [-0.2, 0) is 4.79 Å². The van der Waals surface area contributed by atoms with Gasteiger partial charge in [-0.05, 0) is 13.0 Å². The maximum Gasteiger partial charge on any atom is 0.337 e. The molecule has 18 heavy (non-hydrogen) atoms. The van der Waals surface area contributed by atoms with Crippen LogP contribution in [-0.4, -0.2) is 28.6 Å². The minimum absolute atomic E-state index is 0.0627. The van der Waals surface area contributed by atoms with Crippen molar-refractivity contribution >= 4 is 11.8 Å². The van der Waals surface area contributed by atoms with Crippen molar-refractivity contribution < 1.29 is 24.5 Å². The van der Waals surface area contributed by atoms with Crippen LogP contribution in [0.3, 0.4) is 0 Å². The molecule has 2 N–H and O–H groups in total. The number of ketones is 1. The molecule has 0 spiro atoms. The van der Waals surface area contributed by atoms with Gasteiger partial charge in [0.2, 0.25) is 0 Å². The number of rotatable bonds is 6. The molecule has 0 saturated carbocycles. The molecule has 0 heterocycles. The molecule has 0 amide bonds. The Balaban J connectivity index is 3.19. The Labute approximate surface area is 105 Å². The molecular formula is C13H16O5. The summed E-state index contributed by atoms with van der Waals surface area (Å²) >= 11 is 0. The van der Waals surface area contributed by atoms with Gasteiger partial charge in [0.15, 0.2) is 11.9 Å². The van der Waals surface area contributed by atoms with Gasteiger partial charge >= 0.3 is 5.97 Å².